The van der Waals surface area contributed by atoms with E-state index in [1.807, 2.05) is 26.0 Å². The maximum Gasteiger partial charge on any atom is 0.256 e. The molecule has 0 unspecified atom stereocenters. The molecule has 2 aromatic rings. The van der Waals surface area contributed by atoms with Gasteiger partial charge in [0.25, 0.3) is 5.91 Å². The molecule has 2 N–H and O–H groups in total. The van der Waals surface area contributed by atoms with Crippen molar-refractivity contribution in [3.05, 3.63) is 63.9 Å². The topological polar surface area (TPSA) is 58.2 Å². The van der Waals surface area contributed by atoms with Crippen LogP contribution in [-0.2, 0) is 4.79 Å². The number of anilines is 1. The summed E-state index contributed by atoms with van der Waals surface area (Å²) in [6.07, 6.45) is 0. The molecule has 0 atom stereocenters. The Kier molecular flexibility index (Phi) is 5.34. The lowest BCUT2D eigenvalue weighted by Gasteiger charge is -2.11. The summed E-state index contributed by atoms with van der Waals surface area (Å²) in [7, 11) is 0. The van der Waals surface area contributed by atoms with Crippen molar-refractivity contribution in [3.8, 4) is 0 Å². The molecule has 0 saturated heterocycles. The van der Waals surface area contributed by atoms with Crippen LogP contribution < -0.4 is 10.6 Å². The molecule has 23 heavy (non-hydrogen) atoms. The van der Waals surface area contributed by atoms with Crippen molar-refractivity contribution >= 4 is 29.1 Å². The Morgan fingerprint density at radius 1 is 1.13 bits per heavy atom. The number of benzene rings is 2. The van der Waals surface area contributed by atoms with E-state index in [9.17, 15) is 14.0 Å². The van der Waals surface area contributed by atoms with E-state index in [1.165, 1.54) is 12.1 Å². The molecular weight excluding hydrogens is 319 g/mol. The lowest BCUT2D eigenvalue weighted by atomic mass is 10.1. The molecule has 2 aromatic carbocycles. The summed E-state index contributed by atoms with van der Waals surface area (Å²) >= 11 is 5.81. The van der Waals surface area contributed by atoms with Gasteiger partial charge in [0.15, 0.2) is 0 Å². The number of nitrogens with one attached hydrogen (secondary N) is 2. The monoisotopic (exact) mass is 334 g/mol. The van der Waals surface area contributed by atoms with E-state index in [1.54, 1.807) is 6.07 Å². The van der Waals surface area contributed by atoms with E-state index >= 15 is 0 Å². The summed E-state index contributed by atoms with van der Waals surface area (Å²) in [4.78, 5) is 23.9. The van der Waals surface area contributed by atoms with Crippen molar-refractivity contribution in [3.63, 3.8) is 0 Å². The fourth-order valence-corrected chi connectivity index (χ4v) is 2.29. The number of hydrogen-bond donors (Lipinski definition) is 2. The molecule has 0 bridgehead atoms. The Balaban J connectivity index is 1.99. The van der Waals surface area contributed by atoms with Crippen molar-refractivity contribution in [2.24, 2.45) is 0 Å². The first-order chi connectivity index (χ1) is 10.9. The van der Waals surface area contributed by atoms with Crippen molar-refractivity contribution in [2.75, 3.05) is 11.9 Å². The minimum atomic E-state index is -0.732. The quantitative estimate of drug-likeness (QED) is 0.899. The zero-order valence-electron chi connectivity index (χ0n) is 12.7. The maximum absolute atomic E-state index is 13.6. The minimum absolute atomic E-state index is 0.00237. The van der Waals surface area contributed by atoms with Crippen molar-refractivity contribution in [1.29, 1.82) is 0 Å². The van der Waals surface area contributed by atoms with Crippen LogP contribution in [-0.4, -0.2) is 18.4 Å². The summed E-state index contributed by atoms with van der Waals surface area (Å²) in [6.45, 7) is 3.55. The summed E-state index contributed by atoms with van der Waals surface area (Å²) in [5.74, 6) is -1.87. The van der Waals surface area contributed by atoms with E-state index in [0.717, 1.165) is 17.2 Å². The van der Waals surface area contributed by atoms with E-state index in [2.05, 4.69) is 10.6 Å². The SMILES string of the molecule is Cc1cccc(NC(=O)CNC(=O)c2c(F)cccc2Cl)c1C. The van der Waals surface area contributed by atoms with Gasteiger partial charge in [-0.05, 0) is 43.2 Å². The lowest BCUT2D eigenvalue weighted by molar-refractivity contribution is -0.115. The van der Waals surface area contributed by atoms with E-state index in [4.69, 9.17) is 11.6 Å². The van der Waals surface area contributed by atoms with Crippen molar-refractivity contribution in [1.82, 2.24) is 5.32 Å². The highest BCUT2D eigenvalue weighted by Crippen LogP contribution is 2.19. The first-order valence-electron chi connectivity index (χ1n) is 6.98. The molecule has 0 saturated carbocycles. The summed E-state index contributed by atoms with van der Waals surface area (Å²) in [6, 6.07) is 9.49. The van der Waals surface area contributed by atoms with Gasteiger partial charge >= 0.3 is 0 Å². The maximum atomic E-state index is 13.6. The Morgan fingerprint density at radius 3 is 2.52 bits per heavy atom. The summed E-state index contributed by atoms with van der Waals surface area (Å²) < 4.78 is 13.6. The molecule has 4 nitrogen and oxygen atoms in total. The Labute approximate surface area is 138 Å². The van der Waals surface area contributed by atoms with E-state index in [-0.39, 0.29) is 17.1 Å². The average molecular weight is 335 g/mol. The number of rotatable bonds is 4. The highest BCUT2D eigenvalue weighted by Gasteiger charge is 2.16. The molecule has 0 aliphatic heterocycles. The molecule has 0 spiro atoms. The van der Waals surface area contributed by atoms with Gasteiger partial charge in [-0.3, -0.25) is 9.59 Å². The molecule has 0 radical (unpaired) electrons. The van der Waals surface area contributed by atoms with Crippen molar-refractivity contribution in [2.45, 2.75) is 13.8 Å². The van der Waals surface area contributed by atoms with E-state index < -0.39 is 17.6 Å². The van der Waals surface area contributed by atoms with Crippen LogP contribution in [0, 0.1) is 19.7 Å². The van der Waals surface area contributed by atoms with Gasteiger partial charge in [0.2, 0.25) is 5.91 Å². The van der Waals surface area contributed by atoms with Crippen LogP contribution in [0.15, 0.2) is 36.4 Å². The Morgan fingerprint density at radius 2 is 1.83 bits per heavy atom. The molecule has 0 aliphatic rings. The van der Waals surface area contributed by atoms with Gasteiger partial charge < -0.3 is 10.6 Å². The second-order valence-corrected chi connectivity index (χ2v) is 5.48. The van der Waals surface area contributed by atoms with Crippen LogP contribution in [0.3, 0.4) is 0 Å². The number of aryl methyl sites for hydroxylation is 1. The molecule has 120 valence electrons. The Bertz CT molecular complexity index is 742. The second-order valence-electron chi connectivity index (χ2n) is 5.07. The van der Waals surface area contributed by atoms with Gasteiger partial charge in [-0.1, -0.05) is 29.8 Å². The third kappa shape index (κ3) is 4.07. The van der Waals surface area contributed by atoms with Gasteiger partial charge in [-0.15, -0.1) is 0 Å². The Hall–Kier alpha value is -2.40. The fraction of sp³-hybridized carbons (Fsp3) is 0.176. The minimum Gasteiger partial charge on any atom is -0.343 e. The normalized spacial score (nSPS) is 10.3. The van der Waals surface area contributed by atoms with Crippen LogP contribution in [0.5, 0.6) is 0 Å². The molecule has 2 amide bonds. The predicted molar refractivity (Wildman–Crippen MR) is 88.3 cm³/mol. The van der Waals surface area contributed by atoms with Crippen LogP contribution in [0.1, 0.15) is 21.5 Å². The first-order valence-corrected chi connectivity index (χ1v) is 7.36. The first kappa shape index (κ1) is 17.0. The number of amides is 2. The number of hydrogen-bond acceptors (Lipinski definition) is 2. The fourth-order valence-electron chi connectivity index (χ4n) is 2.04. The van der Waals surface area contributed by atoms with Gasteiger partial charge in [0.05, 0.1) is 17.1 Å². The molecule has 6 heteroatoms. The van der Waals surface area contributed by atoms with Crippen LogP contribution in [0.4, 0.5) is 10.1 Å². The summed E-state index contributed by atoms with van der Waals surface area (Å²) in [5, 5.41) is 5.06. The molecule has 0 aromatic heterocycles. The van der Waals surface area contributed by atoms with Gasteiger partial charge in [0, 0.05) is 5.69 Å². The van der Waals surface area contributed by atoms with Crippen LogP contribution in [0.2, 0.25) is 5.02 Å². The zero-order chi connectivity index (χ0) is 17.0. The largest absolute Gasteiger partial charge is 0.343 e. The van der Waals surface area contributed by atoms with Gasteiger partial charge in [-0.25, -0.2) is 4.39 Å². The molecule has 0 fully saturated rings. The smallest absolute Gasteiger partial charge is 0.256 e. The highest BCUT2D eigenvalue weighted by atomic mass is 35.5. The third-order valence-corrected chi connectivity index (χ3v) is 3.79. The van der Waals surface area contributed by atoms with Gasteiger partial charge in [-0.2, -0.15) is 0 Å². The van der Waals surface area contributed by atoms with Gasteiger partial charge in [0.1, 0.15) is 5.82 Å². The predicted octanol–water partition coefficient (Wildman–Crippen LogP) is 3.46. The molecule has 0 heterocycles. The summed E-state index contributed by atoms with van der Waals surface area (Å²) in [5.41, 5.74) is 2.40. The second kappa shape index (κ2) is 7.24. The number of carbonyl (C=O) groups excluding carboxylic acids is 2. The molecule has 0 aliphatic carbocycles. The molecular formula is C17H16ClFN2O2. The van der Waals surface area contributed by atoms with Crippen molar-refractivity contribution < 1.29 is 14.0 Å². The molecule has 2 rings (SSSR count). The zero-order valence-corrected chi connectivity index (χ0v) is 13.5. The number of carbonyl (C=O) groups is 2. The van der Waals surface area contributed by atoms with Crippen LogP contribution in [0.25, 0.3) is 0 Å². The highest BCUT2D eigenvalue weighted by molar-refractivity contribution is 6.33. The average Bonchev–Trinajstić information content (AvgIpc) is 2.49. The standard InChI is InChI=1S/C17H16ClFN2O2/c1-10-5-3-8-14(11(10)2)21-15(22)9-20-17(23)16-12(18)6-4-7-13(16)19/h3-8H,9H2,1-2H3,(H,20,23)(H,21,22). The van der Waals surface area contributed by atoms with Crippen LogP contribution >= 0.6 is 11.6 Å². The third-order valence-electron chi connectivity index (χ3n) is 3.48. The number of halogens is 2. The van der Waals surface area contributed by atoms with E-state index in [0.29, 0.717) is 5.69 Å². The lowest BCUT2D eigenvalue weighted by Crippen LogP contribution is -2.33.